The fraction of sp³-hybridized carbons (Fsp3) is 0.259. The van der Waals surface area contributed by atoms with Crippen LogP contribution in [0.2, 0.25) is 0 Å². The van der Waals surface area contributed by atoms with Gasteiger partial charge in [0.15, 0.2) is 0 Å². The van der Waals surface area contributed by atoms with Crippen LogP contribution >= 0.6 is 15.9 Å². The molecule has 3 aromatic carbocycles. The predicted molar refractivity (Wildman–Crippen MR) is 149 cm³/mol. The zero-order chi connectivity index (χ0) is 26.0. The number of fused-ring (bicyclic) bond motifs is 1. The van der Waals surface area contributed by atoms with Crippen molar-refractivity contribution in [3.63, 3.8) is 0 Å². The van der Waals surface area contributed by atoms with E-state index in [0.717, 1.165) is 32.6 Å². The zero-order valence-electron chi connectivity index (χ0n) is 20.6. The summed E-state index contributed by atoms with van der Waals surface area (Å²) in [6.07, 6.45) is 0. The number of sulfonamides is 1. The van der Waals surface area contributed by atoms with Crippen LogP contribution in [0.25, 0.3) is 10.9 Å². The van der Waals surface area contributed by atoms with E-state index in [1.807, 2.05) is 48.5 Å². The van der Waals surface area contributed by atoms with Gasteiger partial charge in [-0.25, -0.2) is 18.4 Å². The predicted octanol–water partition coefficient (Wildman–Crippen LogP) is 5.21. The zero-order valence-corrected chi connectivity index (χ0v) is 23.0. The Balaban J connectivity index is 1.36. The Kier molecular flexibility index (Phi) is 7.43. The van der Waals surface area contributed by atoms with Crippen LogP contribution < -0.4 is 10.1 Å². The van der Waals surface area contributed by atoms with Gasteiger partial charge < -0.3 is 10.1 Å². The number of nitrogens with zero attached hydrogens (tertiary/aromatic N) is 4. The second-order valence-corrected chi connectivity index (χ2v) is 11.7. The lowest BCUT2D eigenvalue weighted by atomic mass is 10.2. The van der Waals surface area contributed by atoms with Crippen molar-refractivity contribution in [2.75, 3.05) is 38.6 Å². The standard InChI is InChI=1S/C27H28BrN5O3S/c1-19(32-14-16-33(17-15-32)37(34,35)23-12-10-20(28)11-13-23)26-30-25-9-4-3-8-24(25)27(31-26)29-21-6-5-7-22(18-21)36-2/h3-13,18-19H,14-17H2,1-2H3,(H,29,30,31). The van der Waals surface area contributed by atoms with Crippen molar-refractivity contribution in [1.29, 1.82) is 0 Å². The molecule has 0 spiro atoms. The largest absolute Gasteiger partial charge is 0.497 e. The molecule has 37 heavy (non-hydrogen) atoms. The minimum atomic E-state index is -3.53. The Morgan fingerprint density at radius 3 is 2.41 bits per heavy atom. The molecule has 192 valence electrons. The van der Waals surface area contributed by atoms with Crippen molar-refractivity contribution in [2.45, 2.75) is 17.9 Å². The van der Waals surface area contributed by atoms with E-state index in [0.29, 0.717) is 36.9 Å². The molecule has 10 heteroatoms. The van der Waals surface area contributed by atoms with E-state index >= 15 is 0 Å². The number of hydrogen-bond acceptors (Lipinski definition) is 7. The number of piperazine rings is 1. The minimum Gasteiger partial charge on any atom is -0.497 e. The third-order valence-corrected chi connectivity index (χ3v) is 9.04. The molecule has 0 radical (unpaired) electrons. The Labute approximate surface area is 225 Å². The molecule has 0 aliphatic carbocycles. The number of halogens is 1. The van der Waals surface area contributed by atoms with Gasteiger partial charge in [-0.2, -0.15) is 4.31 Å². The summed E-state index contributed by atoms with van der Waals surface area (Å²) in [7, 11) is -1.89. The van der Waals surface area contributed by atoms with Gasteiger partial charge >= 0.3 is 0 Å². The van der Waals surface area contributed by atoms with Crippen LogP contribution in [0, 0.1) is 0 Å². The number of anilines is 2. The number of ether oxygens (including phenoxy) is 1. The van der Waals surface area contributed by atoms with Crippen LogP contribution in [0.4, 0.5) is 11.5 Å². The van der Waals surface area contributed by atoms with Gasteiger partial charge in [0.2, 0.25) is 10.0 Å². The first kappa shape index (κ1) is 25.6. The van der Waals surface area contributed by atoms with Crippen LogP contribution in [0.15, 0.2) is 82.2 Å². The third-order valence-electron chi connectivity index (χ3n) is 6.60. The van der Waals surface area contributed by atoms with E-state index < -0.39 is 10.0 Å². The third kappa shape index (κ3) is 5.47. The smallest absolute Gasteiger partial charge is 0.243 e. The van der Waals surface area contributed by atoms with Gasteiger partial charge in [0, 0.05) is 47.8 Å². The molecule has 1 atom stereocenters. The summed E-state index contributed by atoms with van der Waals surface area (Å²) in [5, 5.41) is 4.35. The summed E-state index contributed by atoms with van der Waals surface area (Å²) in [5.41, 5.74) is 1.72. The summed E-state index contributed by atoms with van der Waals surface area (Å²) >= 11 is 3.36. The normalized spacial score (nSPS) is 16.0. The van der Waals surface area contributed by atoms with Crippen molar-refractivity contribution < 1.29 is 13.2 Å². The van der Waals surface area contributed by atoms with Crippen LogP contribution in [0.3, 0.4) is 0 Å². The first-order chi connectivity index (χ1) is 17.8. The second-order valence-electron chi connectivity index (χ2n) is 8.87. The molecule has 1 fully saturated rings. The number of hydrogen-bond donors (Lipinski definition) is 1. The maximum absolute atomic E-state index is 13.1. The van der Waals surface area contributed by atoms with Crippen LogP contribution in [-0.2, 0) is 10.0 Å². The molecular formula is C27H28BrN5O3S. The van der Waals surface area contributed by atoms with E-state index in [1.165, 1.54) is 0 Å². The lowest BCUT2D eigenvalue weighted by Crippen LogP contribution is -2.49. The number of benzene rings is 3. The van der Waals surface area contributed by atoms with E-state index in [4.69, 9.17) is 14.7 Å². The van der Waals surface area contributed by atoms with Crippen molar-refractivity contribution in [1.82, 2.24) is 19.2 Å². The quantitative estimate of drug-likeness (QED) is 0.320. The number of rotatable bonds is 7. The first-order valence-electron chi connectivity index (χ1n) is 12.0. The maximum Gasteiger partial charge on any atom is 0.243 e. The molecule has 0 saturated carbocycles. The van der Waals surface area contributed by atoms with Gasteiger partial charge in [-0.05, 0) is 55.5 Å². The molecule has 5 rings (SSSR count). The van der Waals surface area contributed by atoms with Gasteiger partial charge in [-0.15, -0.1) is 0 Å². The second kappa shape index (κ2) is 10.7. The Morgan fingerprint density at radius 2 is 1.68 bits per heavy atom. The van der Waals surface area contributed by atoms with Crippen molar-refractivity contribution in [3.8, 4) is 5.75 Å². The highest BCUT2D eigenvalue weighted by atomic mass is 79.9. The molecule has 1 aromatic heterocycles. The molecule has 1 saturated heterocycles. The summed E-state index contributed by atoms with van der Waals surface area (Å²) in [6, 6.07) is 22.3. The minimum absolute atomic E-state index is 0.0898. The lowest BCUT2D eigenvalue weighted by Gasteiger charge is -2.36. The highest BCUT2D eigenvalue weighted by Gasteiger charge is 2.31. The van der Waals surface area contributed by atoms with Gasteiger partial charge in [-0.1, -0.05) is 34.1 Å². The van der Waals surface area contributed by atoms with Gasteiger partial charge in [-0.3, -0.25) is 4.90 Å². The van der Waals surface area contributed by atoms with Crippen LogP contribution in [0.5, 0.6) is 5.75 Å². The molecular weight excluding hydrogens is 554 g/mol. The molecule has 0 amide bonds. The average Bonchev–Trinajstić information content (AvgIpc) is 2.93. The molecule has 4 aromatic rings. The van der Waals surface area contributed by atoms with Crippen LogP contribution in [0.1, 0.15) is 18.8 Å². The van der Waals surface area contributed by atoms with Gasteiger partial charge in [0.05, 0.1) is 23.6 Å². The van der Waals surface area contributed by atoms with E-state index in [2.05, 4.69) is 33.1 Å². The molecule has 8 nitrogen and oxygen atoms in total. The average molecular weight is 583 g/mol. The summed E-state index contributed by atoms with van der Waals surface area (Å²) in [5.74, 6) is 2.17. The van der Waals surface area contributed by atoms with Crippen molar-refractivity contribution in [3.05, 3.63) is 83.1 Å². The molecule has 2 heterocycles. The highest BCUT2D eigenvalue weighted by molar-refractivity contribution is 9.10. The maximum atomic E-state index is 13.1. The van der Waals surface area contributed by atoms with Gasteiger partial charge in [0.25, 0.3) is 0 Å². The summed E-state index contributed by atoms with van der Waals surface area (Å²) in [4.78, 5) is 12.3. The molecule has 0 bridgehead atoms. The van der Waals surface area contributed by atoms with E-state index in [-0.39, 0.29) is 6.04 Å². The number of methoxy groups -OCH3 is 1. The highest BCUT2D eigenvalue weighted by Crippen LogP contribution is 2.29. The van der Waals surface area contributed by atoms with E-state index in [1.54, 1.807) is 35.7 Å². The van der Waals surface area contributed by atoms with E-state index in [9.17, 15) is 8.42 Å². The monoisotopic (exact) mass is 581 g/mol. The lowest BCUT2D eigenvalue weighted by molar-refractivity contribution is 0.141. The Morgan fingerprint density at radius 1 is 0.946 bits per heavy atom. The number of aromatic nitrogens is 2. The summed E-state index contributed by atoms with van der Waals surface area (Å²) in [6.45, 7) is 4.06. The fourth-order valence-electron chi connectivity index (χ4n) is 4.46. The van der Waals surface area contributed by atoms with Gasteiger partial charge in [0.1, 0.15) is 17.4 Å². The topological polar surface area (TPSA) is 87.7 Å². The van der Waals surface area contributed by atoms with Crippen molar-refractivity contribution >= 4 is 48.4 Å². The Bertz CT molecular complexity index is 1510. The first-order valence-corrected chi connectivity index (χ1v) is 14.3. The number of nitrogens with one attached hydrogen (secondary N) is 1. The molecule has 1 unspecified atom stereocenters. The molecule has 1 N–H and O–H groups in total. The van der Waals surface area contributed by atoms with Crippen LogP contribution in [-0.4, -0.2) is 60.9 Å². The number of para-hydroxylation sites is 1. The fourth-order valence-corrected chi connectivity index (χ4v) is 6.15. The summed E-state index contributed by atoms with van der Waals surface area (Å²) < 4.78 is 34.0. The Hall–Kier alpha value is -3.05. The van der Waals surface area contributed by atoms with Crippen molar-refractivity contribution in [2.24, 2.45) is 0 Å². The molecule has 1 aliphatic heterocycles. The molecule has 1 aliphatic rings. The SMILES string of the molecule is COc1cccc(Nc2nc(C(C)N3CCN(S(=O)(=O)c4ccc(Br)cc4)CC3)nc3ccccc23)c1.